The van der Waals surface area contributed by atoms with Gasteiger partial charge in [0.15, 0.2) is 0 Å². The van der Waals surface area contributed by atoms with Crippen molar-refractivity contribution in [3.8, 4) is 6.07 Å². The third-order valence-corrected chi connectivity index (χ3v) is 6.96. The van der Waals surface area contributed by atoms with E-state index in [1.54, 1.807) is 6.08 Å². The van der Waals surface area contributed by atoms with Gasteiger partial charge in [0.25, 0.3) is 0 Å². The van der Waals surface area contributed by atoms with Crippen LogP contribution in [-0.4, -0.2) is 0 Å². The summed E-state index contributed by atoms with van der Waals surface area (Å²) in [6.07, 6.45) is 7.40. The number of hydrogen-bond acceptors (Lipinski definition) is 1. The van der Waals surface area contributed by atoms with Crippen LogP contribution in [0.2, 0.25) is 0 Å². The number of nitriles is 1. The summed E-state index contributed by atoms with van der Waals surface area (Å²) in [5, 5.41) is 9.74. The van der Waals surface area contributed by atoms with E-state index < -0.39 is 11.3 Å². The van der Waals surface area contributed by atoms with Crippen LogP contribution in [-0.2, 0) is 0 Å². The summed E-state index contributed by atoms with van der Waals surface area (Å²) < 4.78 is 15.3. The Bertz CT molecular complexity index is 500. The fraction of sp³-hybridized carbons (Fsp3) is 0.750. The molecule has 2 atom stereocenters. The van der Waals surface area contributed by atoms with Crippen LogP contribution in [0.5, 0.6) is 0 Å². The average Bonchev–Trinajstić information content (AvgIpc) is 2.55. The molecule has 0 spiro atoms. The number of rotatable bonds is 6. The zero-order chi connectivity index (χ0) is 17.2. The molecule has 2 unspecified atom stereocenters. The zero-order valence-electron chi connectivity index (χ0n) is 15.4. The van der Waals surface area contributed by atoms with Gasteiger partial charge in [-0.1, -0.05) is 54.5 Å². The van der Waals surface area contributed by atoms with Crippen molar-refractivity contribution >= 4 is 0 Å². The van der Waals surface area contributed by atoms with E-state index in [0.29, 0.717) is 0 Å². The Morgan fingerprint density at radius 2 is 1.64 bits per heavy atom. The standard InChI is InChI=1S/C20H32FN/c1-8-18(5,9-2)15-12-16(14-22)20(7,17(21)13-15)19(6,10-3)11-4/h12-13,16H,8-11H2,1-7H3. The molecule has 1 nitrogen and oxygen atoms in total. The van der Waals surface area contributed by atoms with Gasteiger partial charge in [-0.15, -0.1) is 0 Å². The Hall–Kier alpha value is -1.10. The molecule has 0 radical (unpaired) electrons. The highest BCUT2D eigenvalue weighted by Crippen LogP contribution is 2.58. The molecular formula is C20H32FN. The van der Waals surface area contributed by atoms with Crippen molar-refractivity contribution in [2.45, 2.75) is 74.1 Å². The van der Waals surface area contributed by atoms with E-state index in [1.807, 2.05) is 13.0 Å². The van der Waals surface area contributed by atoms with Gasteiger partial charge >= 0.3 is 0 Å². The van der Waals surface area contributed by atoms with Gasteiger partial charge in [-0.05, 0) is 48.2 Å². The number of halogens is 1. The normalized spacial score (nSPS) is 26.2. The summed E-state index contributed by atoms with van der Waals surface area (Å²) in [6, 6.07) is 2.39. The summed E-state index contributed by atoms with van der Waals surface area (Å²) in [6.45, 7) is 14.7. The SMILES string of the molecule is CCC(C)(CC)C1=CC(C#N)C(C)(C(C)(CC)CC)C(F)=C1. The molecule has 0 aromatic carbocycles. The molecule has 0 heterocycles. The molecule has 22 heavy (non-hydrogen) atoms. The lowest BCUT2D eigenvalue weighted by molar-refractivity contribution is 0.0465. The maximum atomic E-state index is 15.3. The molecular weight excluding hydrogens is 273 g/mol. The molecule has 0 aromatic rings. The first-order chi connectivity index (χ1) is 10.2. The maximum Gasteiger partial charge on any atom is 0.108 e. The second-order valence-corrected chi connectivity index (χ2v) is 7.46. The van der Waals surface area contributed by atoms with Crippen LogP contribution in [0.25, 0.3) is 0 Å². The van der Waals surface area contributed by atoms with Gasteiger partial charge in [0.2, 0.25) is 0 Å². The smallest absolute Gasteiger partial charge is 0.108 e. The lowest BCUT2D eigenvalue weighted by Crippen LogP contribution is -2.44. The first-order valence-electron chi connectivity index (χ1n) is 8.68. The molecule has 0 fully saturated rings. The zero-order valence-corrected chi connectivity index (χ0v) is 15.4. The van der Waals surface area contributed by atoms with Gasteiger partial charge in [0.05, 0.1) is 12.0 Å². The Kier molecular flexibility index (Phi) is 5.66. The fourth-order valence-electron chi connectivity index (χ4n) is 3.68. The molecule has 1 aliphatic rings. The van der Waals surface area contributed by atoms with Gasteiger partial charge in [-0.3, -0.25) is 0 Å². The molecule has 0 aliphatic heterocycles. The van der Waals surface area contributed by atoms with Crippen LogP contribution >= 0.6 is 0 Å². The lowest BCUT2D eigenvalue weighted by atomic mass is 9.54. The van der Waals surface area contributed by atoms with Crippen molar-refractivity contribution in [2.75, 3.05) is 0 Å². The van der Waals surface area contributed by atoms with Gasteiger partial charge in [-0.2, -0.15) is 5.26 Å². The monoisotopic (exact) mass is 305 g/mol. The van der Waals surface area contributed by atoms with Crippen molar-refractivity contribution < 1.29 is 4.39 Å². The van der Waals surface area contributed by atoms with Gasteiger partial charge in [0.1, 0.15) is 5.83 Å². The molecule has 124 valence electrons. The minimum Gasteiger partial charge on any atom is -0.211 e. The van der Waals surface area contributed by atoms with E-state index in [2.05, 4.69) is 47.6 Å². The molecule has 0 saturated heterocycles. The molecule has 1 aliphatic carbocycles. The first kappa shape index (κ1) is 18.9. The Morgan fingerprint density at radius 3 is 2.00 bits per heavy atom. The topological polar surface area (TPSA) is 23.8 Å². The molecule has 1 rings (SSSR count). The quantitative estimate of drug-likeness (QED) is 0.544. The van der Waals surface area contributed by atoms with E-state index in [-0.39, 0.29) is 16.7 Å². The highest BCUT2D eigenvalue weighted by molar-refractivity contribution is 5.40. The number of nitrogens with zero attached hydrogens (tertiary/aromatic N) is 1. The van der Waals surface area contributed by atoms with Crippen LogP contribution in [0.3, 0.4) is 0 Å². The summed E-state index contributed by atoms with van der Waals surface area (Å²) >= 11 is 0. The first-order valence-corrected chi connectivity index (χ1v) is 8.68. The Morgan fingerprint density at radius 1 is 1.14 bits per heavy atom. The van der Waals surface area contributed by atoms with Crippen LogP contribution in [0, 0.1) is 33.5 Å². The van der Waals surface area contributed by atoms with Crippen molar-refractivity contribution in [1.82, 2.24) is 0 Å². The van der Waals surface area contributed by atoms with Crippen molar-refractivity contribution in [3.05, 3.63) is 23.6 Å². The predicted octanol–water partition coefficient (Wildman–Crippen LogP) is 6.58. The lowest BCUT2D eigenvalue weighted by Gasteiger charge is -2.49. The molecule has 0 saturated carbocycles. The maximum absolute atomic E-state index is 15.3. The Labute approximate surface area is 136 Å². The minimum atomic E-state index is -0.739. The predicted molar refractivity (Wildman–Crippen MR) is 91.9 cm³/mol. The van der Waals surface area contributed by atoms with Crippen LogP contribution < -0.4 is 0 Å². The third-order valence-electron chi connectivity index (χ3n) is 6.96. The summed E-state index contributed by atoms with van der Waals surface area (Å²) in [4.78, 5) is 0. The van der Waals surface area contributed by atoms with E-state index in [0.717, 1.165) is 31.3 Å². The average molecular weight is 305 g/mol. The highest BCUT2D eigenvalue weighted by Gasteiger charge is 2.52. The number of allylic oxidation sites excluding steroid dienone is 4. The molecule has 0 N–H and O–H groups in total. The van der Waals surface area contributed by atoms with Crippen LogP contribution in [0.15, 0.2) is 23.6 Å². The van der Waals surface area contributed by atoms with Gasteiger partial charge < -0.3 is 0 Å². The second-order valence-electron chi connectivity index (χ2n) is 7.46. The second kappa shape index (κ2) is 6.57. The summed E-state index contributed by atoms with van der Waals surface area (Å²) in [5.41, 5.74) is -0.0153. The molecule has 2 heteroatoms. The van der Waals surface area contributed by atoms with Crippen molar-refractivity contribution in [3.63, 3.8) is 0 Å². The Balaban J connectivity index is 3.46. The largest absolute Gasteiger partial charge is 0.211 e. The van der Waals surface area contributed by atoms with E-state index >= 15 is 4.39 Å². The van der Waals surface area contributed by atoms with Crippen molar-refractivity contribution in [2.24, 2.45) is 22.2 Å². The summed E-state index contributed by atoms with van der Waals surface area (Å²) in [5.74, 6) is -0.523. The van der Waals surface area contributed by atoms with Gasteiger partial charge in [0, 0.05) is 5.41 Å². The van der Waals surface area contributed by atoms with E-state index in [4.69, 9.17) is 0 Å². The molecule has 0 bridgehead atoms. The van der Waals surface area contributed by atoms with Crippen LogP contribution in [0.4, 0.5) is 4.39 Å². The fourth-order valence-corrected chi connectivity index (χ4v) is 3.68. The van der Waals surface area contributed by atoms with Crippen LogP contribution in [0.1, 0.15) is 74.1 Å². The summed E-state index contributed by atoms with van der Waals surface area (Å²) in [7, 11) is 0. The van der Waals surface area contributed by atoms with E-state index in [1.165, 1.54) is 0 Å². The minimum absolute atomic E-state index is 0.0530. The highest BCUT2D eigenvalue weighted by atomic mass is 19.1. The van der Waals surface area contributed by atoms with Gasteiger partial charge in [-0.25, -0.2) is 4.39 Å². The van der Waals surface area contributed by atoms with Crippen molar-refractivity contribution in [1.29, 1.82) is 5.26 Å². The molecule has 0 amide bonds. The number of hydrogen-bond donors (Lipinski definition) is 0. The van der Waals surface area contributed by atoms with E-state index in [9.17, 15) is 5.26 Å². The third kappa shape index (κ3) is 2.64. The molecule has 0 aromatic heterocycles.